The monoisotopic (exact) mass is 181 g/mol. The summed E-state index contributed by atoms with van der Waals surface area (Å²) in [5.74, 6) is 0.654. The van der Waals surface area contributed by atoms with Crippen LogP contribution in [0.15, 0.2) is 16.8 Å². The molecule has 0 radical (unpaired) electrons. The molecule has 0 fully saturated rings. The van der Waals surface area contributed by atoms with Crippen LogP contribution in [0, 0.1) is 5.92 Å². The molecule has 1 atom stereocenters. The maximum atomic E-state index is 8.08. The van der Waals surface area contributed by atoms with Crippen molar-refractivity contribution in [3.63, 3.8) is 0 Å². The second-order valence-corrected chi connectivity index (χ2v) is 3.71. The number of hydrogen-bond acceptors (Lipinski definition) is 1. The topological polar surface area (TPSA) is 48.8 Å². The van der Waals surface area contributed by atoms with Crippen LogP contribution in [0.4, 0.5) is 0 Å². The Morgan fingerprint density at radius 2 is 2.15 bits per heavy atom. The summed E-state index contributed by atoms with van der Waals surface area (Å²) in [6, 6.07) is 0. The molecule has 0 saturated carbocycles. The zero-order valence-electron chi connectivity index (χ0n) is 8.82. The van der Waals surface area contributed by atoms with E-state index in [0.29, 0.717) is 12.5 Å². The molecule has 0 amide bonds. The average molecular weight is 181 g/mol. The molecule has 3 nitrogen and oxygen atoms in total. The fraction of sp³-hybridized carbons (Fsp3) is 0.800. The minimum atomic E-state index is 0.631. The number of rotatable bonds is 6. The number of allylic oxidation sites excluding steroid dienone is 2. The van der Waals surface area contributed by atoms with E-state index < -0.39 is 0 Å². The van der Waals surface area contributed by atoms with Gasteiger partial charge in [-0.05, 0) is 44.6 Å². The van der Waals surface area contributed by atoms with Crippen LogP contribution in [-0.2, 0) is 0 Å². The summed E-state index contributed by atoms with van der Waals surface area (Å²) in [6.07, 6.45) is 5.58. The van der Waals surface area contributed by atoms with Crippen LogP contribution in [-0.4, -0.2) is 6.54 Å². The predicted molar refractivity (Wildman–Crippen MR) is 56.5 cm³/mol. The molecule has 0 aliphatic heterocycles. The molecule has 0 aliphatic rings. The van der Waals surface area contributed by atoms with Crippen molar-refractivity contribution in [2.75, 3.05) is 6.54 Å². The lowest BCUT2D eigenvalue weighted by Gasteiger charge is -2.06. The van der Waals surface area contributed by atoms with Gasteiger partial charge in [0.1, 0.15) is 0 Å². The van der Waals surface area contributed by atoms with Crippen molar-refractivity contribution in [3.05, 3.63) is 22.1 Å². The van der Waals surface area contributed by atoms with Crippen LogP contribution < -0.4 is 0 Å². The van der Waals surface area contributed by atoms with E-state index in [2.05, 4.69) is 36.9 Å². The third-order valence-corrected chi connectivity index (χ3v) is 2.00. The van der Waals surface area contributed by atoms with Gasteiger partial charge in [-0.3, -0.25) is 0 Å². The summed E-state index contributed by atoms with van der Waals surface area (Å²) in [7, 11) is 0. The van der Waals surface area contributed by atoms with Crippen molar-refractivity contribution in [1.82, 2.24) is 0 Å². The molecule has 0 spiro atoms. The first-order valence-electron chi connectivity index (χ1n) is 4.81. The van der Waals surface area contributed by atoms with Crippen LogP contribution in [0.2, 0.25) is 0 Å². The van der Waals surface area contributed by atoms with Gasteiger partial charge in [0.25, 0.3) is 0 Å². The van der Waals surface area contributed by atoms with Crippen LogP contribution in [0.1, 0.15) is 40.0 Å². The second-order valence-electron chi connectivity index (χ2n) is 3.71. The zero-order chi connectivity index (χ0) is 10.1. The van der Waals surface area contributed by atoms with Crippen LogP contribution >= 0.6 is 0 Å². The minimum absolute atomic E-state index is 0.631. The third kappa shape index (κ3) is 8.96. The SMILES string of the molecule is CC(C)=CCC[C@H](C)CCN=[N+]=[N-]. The van der Waals surface area contributed by atoms with Gasteiger partial charge in [-0.2, -0.15) is 0 Å². The Bertz CT molecular complexity index is 198. The molecule has 0 unspecified atom stereocenters. The van der Waals surface area contributed by atoms with Crippen molar-refractivity contribution in [2.24, 2.45) is 11.0 Å². The number of nitrogens with zero attached hydrogens (tertiary/aromatic N) is 3. The molecule has 3 heteroatoms. The van der Waals surface area contributed by atoms with Crippen molar-refractivity contribution >= 4 is 0 Å². The van der Waals surface area contributed by atoms with E-state index in [9.17, 15) is 0 Å². The fourth-order valence-corrected chi connectivity index (χ4v) is 1.12. The molecule has 0 aromatic carbocycles. The molecule has 0 N–H and O–H groups in total. The van der Waals surface area contributed by atoms with E-state index in [1.54, 1.807) is 0 Å². The molecular weight excluding hydrogens is 162 g/mol. The Morgan fingerprint density at radius 1 is 1.46 bits per heavy atom. The van der Waals surface area contributed by atoms with Gasteiger partial charge in [-0.15, -0.1) is 0 Å². The summed E-state index contributed by atoms with van der Waals surface area (Å²) in [5, 5.41) is 3.52. The first kappa shape index (κ1) is 12.0. The lowest BCUT2D eigenvalue weighted by Crippen LogP contribution is -1.95. The Labute approximate surface area is 80.5 Å². The van der Waals surface area contributed by atoms with Gasteiger partial charge in [-0.1, -0.05) is 23.7 Å². The molecule has 0 heterocycles. The normalized spacial score (nSPS) is 11.6. The summed E-state index contributed by atoms with van der Waals surface area (Å²) in [6.45, 7) is 7.06. The van der Waals surface area contributed by atoms with Crippen molar-refractivity contribution in [3.8, 4) is 0 Å². The molecule has 0 aromatic rings. The summed E-state index contributed by atoms with van der Waals surface area (Å²) in [5.41, 5.74) is 9.45. The van der Waals surface area contributed by atoms with Crippen LogP contribution in [0.5, 0.6) is 0 Å². The van der Waals surface area contributed by atoms with E-state index in [4.69, 9.17) is 5.53 Å². The van der Waals surface area contributed by atoms with Gasteiger partial charge >= 0.3 is 0 Å². The Kier molecular flexibility index (Phi) is 7.12. The lowest BCUT2D eigenvalue weighted by molar-refractivity contribution is 0.503. The highest BCUT2D eigenvalue weighted by Crippen LogP contribution is 2.11. The summed E-state index contributed by atoms with van der Waals surface area (Å²) >= 11 is 0. The highest BCUT2D eigenvalue weighted by molar-refractivity contribution is 4.92. The van der Waals surface area contributed by atoms with Gasteiger partial charge in [0.15, 0.2) is 0 Å². The maximum absolute atomic E-state index is 8.08. The number of hydrogen-bond donors (Lipinski definition) is 0. The number of azide groups is 1. The van der Waals surface area contributed by atoms with E-state index in [0.717, 1.165) is 12.8 Å². The smallest absolute Gasteiger partial charge is 0.0260 e. The Hall–Kier alpha value is -0.950. The van der Waals surface area contributed by atoms with E-state index in [1.165, 1.54) is 12.0 Å². The maximum Gasteiger partial charge on any atom is 0.0260 e. The summed E-state index contributed by atoms with van der Waals surface area (Å²) < 4.78 is 0. The minimum Gasteiger partial charge on any atom is -0.0940 e. The standard InChI is InChI=1S/C10H19N3/c1-9(2)5-4-6-10(3)7-8-12-13-11/h5,10H,4,6-8H2,1-3H3/t10-/m0/s1. The van der Waals surface area contributed by atoms with Gasteiger partial charge < -0.3 is 0 Å². The highest BCUT2D eigenvalue weighted by atomic mass is 15.1. The second kappa shape index (κ2) is 7.69. The molecule has 74 valence electrons. The van der Waals surface area contributed by atoms with E-state index in [-0.39, 0.29) is 0 Å². The first-order chi connectivity index (χ1) is 6.16. The average Bonchev–Trinajstić information content (AvgIpc) is 2.04. The van der Waals surface area contributed by atoms with Crippen molar-refractivity contribution in [2.45, 2.75) is 40.0 Å². The summed E-state index contributed by atoms with van der Waals surface area (Å²) in [4.78, 5) is 2.73. The highest BCUT2D eigenvalue weighted by Gasteiger charge is 1.98. The molecule has 0 aliphatic carbocycles. The van der Waals surface area contributed by atoms with Gasteiger partial charge in [-0.25, -0.2) is 0 Å². The third-order valence-electron chi connectivity index (χ3n) is 2.00. The molecule has 0 aromatic heterocycles. The molecule has 0 bridgehead atoms. The quantitative estimate of drug-likeness (QED) is 0.257. The largest absolute Gasteiger partial charge is 0.0940 e. The first-order valence-corrected chi connectivity index (χ1v) is 4.81. The van der Waals surface area contributed by atoms with Crippen molar-refractivity contribution < 1.29 is 0 Å². The molecule has 0 rings (SSSR count). The Balaban J connectivity index is 3.45. The van der Waals surface area contributed by atoms with Crippen LogP contribution in [0.3, 0.4) is 0 Å². The molecule has 13 heavy (non-hydrogen) atoms. The van der Waals surface area contributed by atoms with Gasteiger partial charge in [0.05, 0.1) is 0 Å². The lowest BCUT2D eigenvalue weighted by atomic mass is 10.0. The van der Waals surface area contributed by atoms with Gasteiger partial charge in [0.2, 0.25) is 0 Å². The van der Waals surface area contributed by atoms with E-state index in [1.807, 2.05) is 0 Å². The van der Waals surface area contributed by atoms with Crippen molar-refractivity contribution in [1.29, 1.82) is 0 Å². The zero-order valence-corrected chi connectivity index (χ0v) is 8.82. The fourth-order valence-electron chi connectivity index (χ4n) is 1.12. The Morgan fingerprint density at radius 3 is 2.69 bits per heavy atom. The van der Waals surface area contributed by atoms with E-state index >= 15 is 0 Å². The predicted octanol–water partition coefficient (Wildman–Crippen LogP) is 4.07. The molecular formula is C10H19N3. The van der Waals surface area contributed by atoms with Crippen LogP contribution in [0.25, 0.3) is 10.4 Å². The molecule has 0 saturated heterocycles. The van der Waals surface area contributed by atoms with Gasteiger partial charge in [0, 0.05) is 11.5 Å².